The highest BCUT2D eigenvalue weighted by atomic mass is 32.1. The van der Waals surface area contributed by atoms with Gasteiger partial charge in [0.05, 0.1) is 10.4 Å². The molecule has 0 unspecified atom stereocenters. The number of carbonyl (C=O) groups is 2. The predicted molar refractivity (Wildman–Crippen MR) is 106 cm³/mol. The number of amides is 1. The quantitative estimate of drug-likeness (QED) is 0.369. The highest BCUT2D eigenvalue weighted by molar-refractivity contribution is 7.19. The number of anilines is 1. The molecule has 0 aliphatic rings. The molecule has 0 spiro atoms. The molecular weight excluding hydrogens is 439 g/mol. The van der Waals surface area contributed by atoms with E-state index < -0.39 is 46.5 Å². The van der Waals surface area contributed by atoms with Crippen molar-refractivity contribution < 1.29 is 31.5 Å². The Morgan fingerprint density at radius 3 is 2.23 bits per heavy atom. The summed E-state index contributed by atoms with van der Waals surface area (Å²) in [6.07, 6.45) is -4.59. The summed E-state index contributed by atoms with van der Waals surface area (Å²) in [5, 5.41) is 2.05. The maximum Gasteiger partial charge on any atom is 0.416 e. The first-order chi connectivity index (χ1) is 14.5. The molecule has 0 saturated heterocycles. The van der Waals surface area contributed by atoms with Crippen LogP contribution in [0.1, 0.15) is 40.3 Å². The molecule has 1 amide bonds. The van der Waals surface area contributed by atoms with Gasteiger partial charge in [0, 0.05) is 5.92 Å². The molecule has 0 saturated carbocycles. The standard InChI is InChI=1S/C21H15F5N2O2S/c1-10(2)17(29)16-18(11-5-3-6-12(9-11)21(24,25)26)31-20(27-16)28-19(30)15-13(22)7-4-8-14(15)23/h3-10H,1-2H3,(H,27,28,30). The van der Waals surface area contributed by atoms with Crippen molar-refractivity contribution in [3.05, 3.63) is 70.9 Å². The summed E-state index contributed by atoms with van der Waals surface area (Å²) < 4.78 is 67.0. The number of nitrogens with zero attached hydrogens (tertiary/aromatic N) is 1. The van der Waals surface area contributed by atoms with Crippen LogP contribution in [0.2, 0.25) is 0 Å². The minimum Gasteiger partial charge on any atom is -0.298 e. The molecule has 0 atom stereocenters. The molecule has 3 aromatic rings. The van der Waals surface area contributed by atoms with Crippen molar-refractivity contribution >= 4 is 28.2 Å². The molecule has 0 fully saturated rings. The number of Topliss-reactive ketones (excluding diaryl/α,β-unsaturated/α-hetero) is 1. The highest BCUT2D eigenvalue weighted by Gasteiger charge is 2.31. The largest absolute Gasteiger partial charge is 0.416 e. The average Bonchev–Trinajstić information content (AvgIpc) is 3.10. The van der Waals surface area contributed by atoms with E-state index in [0.717, 1.165) is 41.7 Å². The van der Waals surface area contributed by atoms with Crippen molar-refractivity contribution in [2.24, 2.45) is 5.92 Å². The Bertz CT molecular complexity index is 1130. The van der Waals surface area contributed by atoms with Gasteiger partial charge in [-0.15, -0.1) is 0 Å². The SMILES string of the molecule is CC(C)C(=O)c1nc(NC(=O)c2c(F)cccc2F)sc1-c1cccc(C(F)(F)F)c1. The molecule has 0 aliphatic heterocycles. The van der Waals surface area contributed by atoms with Crippen molar-refractivity contribution in [3.8, 4) is 10.4 Å². The van der Waals surface area contributed by atoms with Crippen LogP contribution in [0, 0.1) is 17.6 Å². The van der Waals surface area contributed by atoms with Crippen molar-refractivity contribution in [2.75, 3.05) is 5.32 Å². The third-order valence-corrected chi connectivity index (χ3v) is 5.27. The Kier molecular flexibility index (Phi) is 6.21. The van der Waals surface area contributed by atoms with Crippen LogP contribution in [0.5, 0.6) is 0 Å². The molecule has 31 heavy (non-hydrogen) atoms. The maximum atomic E-state index is 13.9. The summed E-state index contributed by atoms with van der Waals surface area (Å²) in [6.45, 7) is 3.18. The fourth-order valence-corrected chi connectivity index (χ4v) is 3.68. The number of benzene rings is 2. The van der Waals surface area contributed by atoms with Gasteiger partial charge >= 0.3 is 6.18 Å². The van der Waals surface area contributed by atoms with E-state index in [-0.39, 0.29) is 21.3 Å². The molecule has 10 heteroatoms. The van der Waals surface area contributed by atoms with E-state index in [1.54, 1.807) is 13.8 Å². The van der Waals surface area contributed by atoms with Gasteiger partial charge in [-0.1, -0.05) is 43.4 Å². The predicted octanol–water partition coefficient (Wildman–Crippen LogP) is 6.20. The van der Waals surface area contributed by atoms with Crippen molar-refractivity contribution in [1.82, 2.24) is 4.98 Å². The molecule has 1 N–H and O–H groups in total. The normalized spacial score (nSPS) is 11.6. The molecule has 2 aromatic carbocycles. The number of thiazole rings is 1. The van der Waals surface area contributed by atoms with Crippen LogP contribution in [0.25, 0.3) is 10.4 Å². The van der Waals surface area contributed by atoms with Crippen LogP contribution >= 0.6 is 11.3 Å². The molecule has 1 heterocycles. The number of alkyl halides is 3. The number of hydrogen-bond acceptors (Lipinski definition) is 4. The van der Waals surface area contributed by atoms with Gasteiger partial charge < -0.3 is 0 Å². The van der Waals surface area contributed by atoms with Crippen LogP contribution in [0.3, 0.4) is 0 Å². The first kappa shape index (κ1) is 22.5. The second-order valence-corrected chi connectivity index (χ2v) is 7.84. The summed E-state index contributed by atoms with van der Waals surface area (Å²) in [7, 11) is 0. The minimum atomic E-state index is -4.59. The van der Waals surface area contributed by atoms with Gasteiger partial charge in [-0.3, -0.25) is 14.9 Å². The molecule has 0 radical (unpaired) electrons. The second kappa shape index (κ2) is 8.54. The van der Waals surface area contributed by atoms with E-state index in [4.69, 9.17) is 0 Å². The number of halogens is 5. The topological polar surface area (TPSA) is 59.1 Å². The van der Waals surface area contributed by atoms with Crippen molar-refractivity contribution in [3.63, 3.8) is 0 Å². The lowest BCUT2D eigenvalue weighted by Crippen LogP contribution is -2.16. The van der Waals surface area contributed by atoms with Gasteiger partial charge in [-0.25, -0.2) is 13.8 Å². The lowest BCUT2D eigenvalue weighted by Gasteiger charge is -2.09. The first-order valence-corrected chi connectivity index (χ1v) is 9.78. The van der Waals surface area contributed by atoms with Crippen molar-refractivity contribution in [1.29, 1.82) is 0 Å². The minimum absolute atomic E-state index is 0.0777. The third kappa shape index (κ3) is 4.79. The number of hydrogen-bond donors (Lipinski definition) is 1. The molecule has 162 valence electrons. The molecule has 4 nitrogen and oxygen atoms in total. The second-order valence-electron chi connectivity index (χ2n) is 6.85. The summed E-state index contributed by atoms with van der Waals surface area (Å²) in [5.41, 5.74) is -1.81. The van der Waals surface area contributed by atoms with Gasteiger partial charge in [-0.05, 0) is 29.8 Å². The number of rotatable bonds is 5. The average molecular weight is 454 g/mol. The lowest BCUT2D eigenvalue weighted by atomic mass is 10.0. The summed E-state index contributed by atoms with van der Waals surface area (Å²) in [5.74, 6) is -4.31. The van der Waals surface area contributed by atoms with E-state index in [1.165, 1.54) is 12.1 Å². The van der Waals surface area contributed by atoms with E-state index >= 15 is 0 Å². The Morgan fingerprint density at radius 2 is 1.65 bits per heavy atom. The first-order valence-electron chi connectivity index (χ1n) is 8.97. The smallest absolute Gasteiger partial charge is 0.298 e. The van der Waals surface area contributed by atoms with Gasteiger partial charge in [-0.2, -0.15) is 13.2 Å². The summed E-state index contributed by atoms with van der Waals surface area (Å²) >= 11 is 0.736. The van der Waals surface area contributed by atoms with E-state index in [1.807, 2.05) is 0 Å². The van der Waals surface area contributed by atoms with E-state index in [9.17, 15) is 31.5 Å². The van der Waals surface area contributed by atoms with Crippen LogP contribution < -0.4 is 5.32 Å². The number of carbonyl (C=O) groups excluding carboxylic acids is 2. The van der Waals surface area contributed by atoms with Gasteiger partial charge in [0.15, 0.2) is 10.9 Å². The van der Waals surface area contributed by atoms with E-state index in [0.29, 0.717) is 0 Å². The monoisotopic (exact) mass is 454 g/mol. The zero-order chi connectivity index (χ0) is 22.9. The number of aromatic nitrogens is 1. The zero-order valence-corrected chi connectivity index (χ0v) is 17.0. The molecule has 3 rings (SSSR count). The number of nitrogens with one attached hydrogen (secondary N) is 1. The summed E-state index contributed by atoms with van der Waals surface area (Å²) in [4.78, 5) is 29.1. The molecule has 0 bridgehead atoms. The van der Waals surface area contributed by atoms with Gasteiger partial charge in [0.1, 0.15) is 22.9 Å². The molecular formula is C21H15F5N2O2S. The zero-order valence-electron chi connectivity index (χ0n) is 16.2. The summed E-state index contributed by atoms with van der Waals surface area (Å²) in [6, 6.07) is 7.22. The number of ketones is 1. The Hall–Kier alpha value is -3.14. The Balaban J connectivity index is 2.05. The fourth-order valence-electron chi connectivity index (χ4n) is 2.72. The highest BCUT2D eigenvalue weighted by Crippen LogP contribution is 2.38. The molecule has 0 aliphatic carbocycles. The fraction of sp³-hybridized carbons (Fsp3) is 0.190. The van der Waals surface area contributed by atoms with Crippen LogP contribution in [0.4, 0.5) is 27.1 Å². The van der Waals surface area contributed by atoms with Crippen LogP contribution in [0.15, 0.2) is 42.5 Å². The van der Waals surface area contributed by atoms with E-state index in [2.05, 4.69) is 10.3 Å². The lowest BCUT2D eigenvalue weighted by molar-refractivity contribution is -0.137. The molecule has 1 aromatic heterocycles. The van der Waals surface area contributed by atoms with Gasteiger partial charge in [0.25, 0.3) is 5.91 Å². The Morgan fingerprint density at radius 1 is 1.03 bits per heavy atom. The Labute approximate surface area is 177 Å². The van der Waals surface area contributed by atoms with Crippen molar-refractivity contribution in [2.45, 2.75) is 20.0 Å². The van der Waals surface area contributed by atoms with Crippen LogP contribution in [-0.4, -0.2) is 16.7 Å². The third-order valence-electron chi connectivity index (χ3n) is 4.25. The van der Waals surface area contributed by atoms with Crippen LogP contribution in [-0.2, 0) is 6.18 Å². The van der Waals surface area contributed by atoms with Gasteiger partial charge in [0.2, 0.25) is 0 Å². The maximum absolute atomic E-state index is 13.9.